The van der Waals surface area contributed by atoms with Gasteiger partial charge in [-0.3, -0.25) is 14.4 Å². The Kier molecular flexibility index (Phi) is 1.73. The average molecular weight is 230 g/mol. The summed E-state index contributed by atoms with van der Waals surface area (Å²) >= 11 is 0. The summed E-state index contributed by atoms with van der Waals surface area (Å²) in [4.78, 5) is 37.6. The van der Waals surface area contributed by atoms with Gasteiger partial charge < -0.3 is 9.80 Å². The van der Waals surface area contributed by atoms with Gasteiger partial charge in [-0.2, -0.15) is 0 Å². The molecule has 0 bridgehead atoms. The Balaban J connectivity index is 2.23. The first kappa shape index (κ1) is 10.0. The number of fused-ring (bicyclic) bond motifs is 2. The number of carbonyl (C=O) groups is 3. The normalized spacial score (nSPS) is 17.9. The smallest absolute Gasteiger partial charge is 0.299 e. The van der Waals surface area contributed by atoms with Crippen molar-refractivity contribution < 1.29 is 14.4 Å². The van der Waals surface area contributed by atoms with Crippen LogP contribution in [-0.4, -0.2) is 31.7 Å². The number of benzene rings is 1. The highest BCUT2D eigenvalue weighted by Crippen LogP contribution is 2.37. The van der Waals surface area contributed by atoms with Crippen molar-refractivity contribution >= 4 is 29.0 Å². The predicted octanol–water partition coefficient (Wildman–Crippen LogP) is 0.365. The number of rotatable bonds is 0. The van der Waals surface area contributed by atoms with Crippen molar-refractivity contribution in [2.75, 3.05) is 23.9 Å². The maximum absolute atomic E-state index is 11.7. The maximum Gasteiger partial charge on any atom is 0.299 e. The van der Waals surface area contributed by atoms with Gasteiger partial charge in [0.05, 0.1) is 17.7 Å². The largest absolute Gasteiger partial charge is 0.315 e. The average Bonchev–Trinajstić information content (AvgIpc) is 2.70. The van der Waals surface area contributed by atoms with Crippen LogP contribution < -0.4 is 9.80 Å². The molecule has 0 saturated heterocycles. The summed E-state index contributed by atoms with van der Waals surface area (Å²) in [6.45, 7) is 0. The summed E-state index contributed by atoms with van der Waals surface area (Å²) in [7, 11) is 3.24. The third-order valence-corrected chi connectivity index (χ3v) is 3.38. The number of anilines is 2. The fourth-order valence-corrected chi connectivity index (χ4v) is 2.33. The predicted molar refractivity (Wildman–Crippen MR) is 61.3 cm³/mol. The van der Waals surface area contributed by atoms with E-state index in [0.29, 0.717) is 17.7 Å². The lowest BCUT2D eigenvalue weighted by atomic mass is 10.1. The molecule has 0 N–H and O–H groups in total. The maximum atomic E-state index is 11.7. The summed E-state index contributed by atoms with van der Waals surface area (Å²) in [5.41, 5.74) is 2.58. The highest BCUT2D eigenvalue weighted by molar-refractivity contribution is 6.52. The SMILES string of the molecule is CN1C(=O)Cc2cc3c(cc21)C(=O)C(=O)N3C. The van der Waals surface area contributed by atoms with Crippen molar-refractivity contribution in [2.24, 2.45) is 0 Å². The molecular formula is C12H10N2O3. The summed E-state index contributed by atoms with van der Waals surface area (Å²) in [6.07, 6.45) is 0.329. The van der Waals surface area contributed by atoms with E-state index in [4.69, 9.17) is 0 Å². The first-order valence-corrected chi connectivity index (χ1v) is 5.26. The van der Waals surface area contributed by atoms with Gasteiger partial charge in [-0.15, -0.1) is 0 Å². The molecule has 0 aliphatic carbocycles. The van der Waals surface area contributed by atoms with Gasteiger partial charge in [0.2, 0.25) is 5.91 Å². The first-order chi connectivity index (χ1) is 8.00. The van der Waals surface area contributed by atoms with Gasteiger partial charge >= 0.3 is 0 Å². The van der Waals surface area contributed by atoms with Crippen LogP contribution in [0.25, 0.3) is 0 Å². The van der Waals surface area contributed by atoms with Crippen LogP contribution in [-0.2, 0) is 16.0 Å². The molecule has 5 heteroatoms. The molecule has 5 nitrogen and oxygen atoms in total. The highest BCUT2D eigenvalue weighted by Gasteiger charge is 2.36. The molecule has 0 aromatic heterocycles. The van der Waals surface area contributed by atoms with Gasteiger partial charge in [-0.25, -0.2) is 0 Å². The zero-order valence-corrected chi connectivity index (χ0v) is 9.48. The molecule has 17 heavy (non-hydrogen) atoms. The Morgan fingerprint density at radius 2 is 1.71 bits per heavy atom. The summed E-state index contributed by atoms with van der Waals surface area (Å²) in [5, 5.41) is 0. The molecule has 2 amide bonds. The van der Waals surface area contributed by atoms with E-state index >= 15 is 0 Å². The molecule has 2 aliphatic rings. The van der Waals surface area contributed by atoms with Crippen LogP contribution in [0, 0.1) is 0 Å². The van der Waals surface area contributed by atoms with Crippen molar-refractivity contribution in [2.45, 2.75) is 6.42 Å². The molecule has 0 unspecified atom stereocenters. The van der Waals surface area contributed by atoms with Crippen LogP contribution in [0.3, 0.4) is 0 Å². The zero-order chi connectivity index (χ0) is 12.3. The van der Waals surface area contributed by atoms with E-state index in [1.54, 1.807) is 26.2 Å². The molecular weight excluding hydrogens is 220 g/mol. The topological polar surface area (TPSA) is 57.7 Å². The number of hydrogen-bond acceptors (Lipinski definition) is 3. The monoisotopic (exact) mass is 230 g/mol. The number of hydrogen-bond donors (Lipinski definition) is 0. The van der Waals surface area contributed by atoms with Crippen LogP contribution in [0.15, 0.2) is 12.1 Å². The number of likely N-dealkylation sites (N-methyl/N-ethyl adjacent to an activating group) is 2. The van der Waals surface area contributed by atoms with Gasteiger partial charge in [0, 0.05) is 19.8 Å². The standard InChI is InChI=1S/C12H10N2O3/c1-13-8-5-7-9(3-6(8)4-10(13)15)14(2)12(17)11(7)16/h3,5H,4H2,1-2H3. The lowest BCUT2D eigenvalue weighted by Gasteiger charge is -2.12. The fraction of sp³-hybridized carbons (Fsp3) is 0.250. The van der Waals surface area contributed by atoms with E-state index in [0.717, 1.165) is 11.3 Å². The molecule has 2 heterocycles. The molecule has 0 fully saturated rings. The van der Waals surface area contributed by atoms with Crippen molar-refractivity contribution in [3.8, 4) is 0 Å². The van der Waals surface area contributed by atoms with E-state index in [1.807, 2.05) is 0 Å². The van der Waals surface area contributed by atoms with E-state index in [2.05, 4.69) is 0 Å². The summed E-state index contributed by atoms with van der Waals surface area (Å²) in [5.74, 6) is -1.01. The molecule has 3 rings (SSSR count). The quantitative estimate of drug-likeness (QED) is 0.605. The van der Waals surface area contributed by atoms with Crippen molar-refractivity contribution in [3.63, 3.8) is 0 Å². The molecule has 1 aromatic carbocycles. The number of nitrogens with zero attached hydrogens (tertiary/aromatic N) is 2. The molecule has 0 radical (unpaired) electrons. The zero-order valence-electron chi connectivity index (χ0n) is 9.48. The lowest BCUT2D eigenvalue weighted by molar-refractivity contribution is -0.117. The van der Waals surface area contributed by atoms with Crippen LogP contribution in [0.2, 0.25) is 0 Å². The Morgan fingerprint density at radius 1 is 1.00 bits per heavy atom. The van der Waals surface area contributed by atoms with Gasteiger partial charge in [-0.05, 0) is 17.7 Å². The molecule has 1 aromatic rings. The number of amides is 2. The Morgan fingerprint density at radius 3 is 2.41 bits per heavy atom. The second kappa shape index (κ2) is 2.94. The molecule has 2 aliphatic heterocycles. The summed E-state index contributed by atoms with van der Waals surface area (Å²) in [6, 6.07) is 3.40. The minimum Gasteiger partial charge on any atom is -0.315 e. The number of Topliss-reactive ketones (excluding diaryl/α,β-unsaturated/α-hetero) is 1. The molecule has 0 spiro atoms. The molecule has 0 atom stereocenters. The van der Waals surface area contributed by atoms with Gasteiger partial charge in [0.25, 0.3) is 11.7 Å². The Labute approximate surface area is 97.6 Å². The van der Waals surface area contributed by atoms with Gasteiger partial charge in [0.15, 0.2) is 0 Å². The van der Waals surface area contributed by atoms with E-state index in [1.165, 1.54) is 9.80 Å². The molecule has 0 saturated carbocycles. The van der Waals surface area contributed by atoms with Crippen LogP contribution in [0.4, 0.5) is 11.4 Å². The third kappa shape index (κ3) is 1.11. The minimum absolute atomic E-state index is 0.00472. The minimum atomic E-state index is -0.516. The summed E-state index contributed by atoms with van der Waals surface area (Å²) < 4.78 is 0. The second-order valence-electron chi connectivity index (χ2n) is 4.32. The number of carbonyl (C=O) groups excluding carboxylic acids is 3. The van der Waals surface area contributed by atoms with Crippen molar-refractivity contribution in [3.05, 3.63) is 23.3 Å². The van der Waals surface area contributed by atoms with Crippen LogP contribution in [0.1, 0.15) is 15.9 Å². The Bertz CT molecular complexity index is 592. The number of ketones is 1. The lowest BCUT2D eigenvalue weighted by Crippen LogP contribution is -2.24. The highest BCUT2D eigenvalue weighted by atomic mass is 16.2. The van der Waals surface area contributed by atoms with Crippen LogP contribution >= 0.6 is 0 Å². The van der Waals surface area contributed by atoms with Crippen molar-refractivity contribution in [1.82, 2.24) is 0 Å². The third-order valence-electron chi connectivity index (χ3n) is 3.38. The molecule has 86 valence electrons. The van der Waals surface area contributed by atoms with Gasteiger partial charge in [0.1, 0.15) is 0 Å². The van der Waals surface area contributed by atoms with E-state index in [9.17, 15) is 14.4 Å². The van der Waals surface area contributed by atoms with Gasteiger partial charge in [-0.1, -0.05) is 0 Å². The second-order valence-corrected chi connectivity index (χ2v) is 4.32. The van der Waals surface area contributed by atoms with Crippen LogP contribution in [0.5, 0.6) is 0 Å². The Hall–Kier alpha value is -2.17. The first-order valence-electron chi connectivity index (χ1n) is 5.26. The van der Waals surface area contributed by atoms with Crippen molar-refractivity contribution in [1.29, 1.82) is 0 Å². The fourth-order valence-electron chi connectivity index (χ4n) is 2.33. The van der Waals surface area contributed by atoms with E-state index in [-0.39, 0.29) is 5.91 Å². The van der Waals surface area contributed by atoms with E-state index < -0.39 is 11.7 Å².